The summed E-state index contributed by atoms with van der Waals surface area (Å²) in [6.45, 7) is 6.03. The number of unbranched alkanes of at least 4 members (excludes halogenated alkanes) is 1. The summed E-state index contributed by atoms with van der Waals surface area (Å²) in [5, 5.41) is 12.1. The Morgan fingerprint density at radius 1 is 0.927 bits per heavy atom. The Hall–Kier alpha value is -2.61. The quantitative estimate of drug-likeness (QED) is 0.279. The third kappa shape index (κ3) is 7.82. The summed E-state index contributed by atoms with van der Waals surface area (Å²) in [4.78, 5) is 43.0. The van der Waals surface area contributed by atoms with E-state index in [2.05, 4.69) is 0 Å². The van der Waals surface area contributed by atoms with E-state index in [1.165, 1.54) is 6.08 Å². The van der Waals surface area contributed by atoms with Gasteiger partial charge in [0.25, 0.3) is 5.91 Å². The summed E-state index contributed by atoms with van der Waals surface area (Å²) in [6.07, 6.45) is 2.19. The third-order valence-corrected chi connectivity index (χ3v) is 7.72. The first-order chi connectivity index (χ1) is 19.1. The topological polar surface area (TPSA) is 80.8 Å². The molecule has 3 aromatic carbocycles. The van der Waals surface area contributed by atoms with Gasteiger partial charge in [0.2, 0.25) is 5.91 Å². The number of carbonyl (C=O) groups is 3. The first-order valence-corrected chi connectivity index (χ1v) is 14.0. The molecule has 0 aromatic heterocycles. The molecule has 2 atom stereocenters. The molecule has 0 bridgehead atoms. The number of hydrogen-bond donors (Lipinski definition) is 0. The van der Waals surface area contributed by atoms with Crippen molar-refractivity contribution in [2.45, 2.75) is 52.1 Å². The summed E-state index contributed by atoms with van der Waals surface area (Å²) in [7, 11) is 0. The van der Waals surface area contributed by atoms with Gasteiger partial charge in [-0.1, -0.05) is 65.2 Å². The van der Waals surface area contributed by atoms with Gasteiger partial charge in [-0.2, -0.15) is 0 Å². The Labute approximate surface area is 273 Å². The molecule has 0 saturated heterocycles. The number of rotatable bonds is 9. The fraction of sp³-hybridized carbons (Fsp3) is 0.281. The second-order valence-electron chi connectivity index (χ2n) is 10.1. The van der Waals surface area contributed by atoms with Crippen molar-refractivity contribution >= 4 is 46.7 Å². The number of halogens is 2. The first-order valence-electron chi connectivity index (χ1n) is 13.2. The second kappa shape index (κ2) is 14.5. The smallest absolute Gasteiger partial charge is 0.550 e. The molecule has 41 heavy (non-hydrogen) atoms. The predicted octanol–water partition coefficient (Wildman–Crippen LogP) is 3.05. The van der Waals surface area contributed by atoms with E-state index in [-0.39, 0.29) is 54.3 Å². The molecule has 1 heterocycles. The minimum Gasteiger partial charge on any atom is -0.550 e. The molecule has 0 saturated carbocycles. The SMILES string of the molecule is Cc1ccc(C)c(C2=CC(=O)N([C@H](C)c3ccc(Cl)cc3)[C@@H](c3ccc(Cl)cc3)C(=O)N2CCCCC(=O)[O-])c1.[Na+]. The minimum absolute atomic E-state index is 0. The van der Waals surface area contributed by atoms with Crippen molar-refractivity contribution in [3.05, 3.63) is 111 Å². The van der Waals surface area contributed by atoms with Gasteiger partial charge in [-0.15, -0.1) is 0 Å². The summed E-state index contributed by atoms with van der Waals surface area (Å²) < 4.78 is 0. The van der Waals surface area contributed by atoms with Crippen molar-refractivity contribution in [3.8, 4) is 0 Å². The van der Waals surface area contributed by atoms with Gasteiger partial charge < -0.3 is 19.7 Å². The Bertz CT molecular complexity index is 1440. The zero-order valence-electron chi connectivity index (χ0n) is 23.7. The largest absolute Gasteiger partial charge is 1.00 e. The third-order valence-electron chi connectivity index (χ3n) is 7.22. The van der Waals surface area contributed by atoms with Crippen molar-refractivity contribution in [3.63, 3.8) is 0 Å². The van der Waals surface area contributed by atoms with Crippen molar-refractivity contribution in [1.82, 2.24) is 9.80 Å². The van der Waals surface area contributed by atoms with Crippen molar-refractivity contribution < 1.29 is 49.0 Å². The van der Waals surface area contributed by atoms with Crippen molar-refractivity contribution in [2.24, 2.45) is 0 Å². The summed E-state index contributed by atoms with van der Waals surface area (Å²) in [5.74, 6) is -1.73. The first kappa shape index (κ1) is 32.9. The molecule has 9 heteroatoms. The molecule has 1 aliphatic rings. The average molecular weight is 602 g/mol. The van der Waals surface area contributed by atoms with E-state index in [0.717, 1.165) is 22.3 Å². The van der Waals surface area contributed by atoms with Crippen LogP contribution in [0.2, 0.25) is 10.0 Å². The van der Waals surface area contributed by atoms with Crippen LogP contribution in [0, 0.1) is 13.8 Å². The zero-order valence-corrected chi connectivity index (χ0v) is 27.2. The van der Waals surface area contributed by atoms with E-state index in [1.54, 1.807) is 46.2 Å². The Kier molecular flexibility index (Phi) is 11.7. The fourth-order valence-corrected chi connectivity index (χ4v) is 5.30. The number of amides is 2. The Balaban J connectivity index is 0.00000462. The van der Waals surface area contributed by atoms with Crippen molar-refractivity contribution in [1.29, 1.82) is 0 Å². The molecule has 208 valence electrons. The number of carbonyl (C=O) groups excluding carboxylic acids is 3. The molecular weight excluding hydrogens is 570 g/mol. The number of carboxylic acids is 1. The molecule has 0 radical (unpaired) electrons. The van der Waals surface area contributed by atoms with E-state index in [1.807, 2.05) is 51.1 Å². The van der Waals surface area contributed by atoms with Gasteiger partial charge in [0.05, 0.1) is 11.7 Å². The van der Waals surface area contributed by atoms with E-state index in [4.69, 9.17) is 23.2 Å². The monoisotopic (exact) mass is 600 g/mol. The van der Waals surface area contributed by atoms with Crippen LogP contribution in [-0.4, -0.2) is 34.1 Å². The maximum atomic E-state index is 14.6. The number of aryl methyl sites for hydroxylation is 2. The molecule has 0 aliphatic carbocycles. The summed E-state index contributed by atoms with van der Waals surface area (Å²) in [6, 6.07) is 18.6. The average Bonchev–Trinajstić information content (AvgIpc) is 3.02. The number of nitrogens with zero attached hydrogens (tertiary/aromatic N) is 2. The molecule has 2 amide bonds. The molecule has 0 N–H and O–H groups in total. The molecule has 0 unspecified atom stereocenters. The number of carboxylic acid groups (broad SMARTS) is 1. The van der Waals surface area contributed by atoms with Gasteiger partial charge in [0.1, 0.15) is 6.04 Å². The van der Waals surface area contributed by atoms with E-state index in [9.17, 15) is 19.5 Å². The Morgan fingerprint density at radius 2 is 1.54 bits per heavy atom. The molecule has 1 aliphatic heterocycles. The van der Waals surface area contributed by atoms with Crippen LogP contribution in [0.3, 0.4) is 0 Å². The predicted molar refractivity (Wildman–Crippen MR) is 155 cm³/mol. The molecule has 6 nitrogen and oxygen atoms in total. The van der Waals surface area contributed by atoms with Crippen LogP contribution >= 0.6 is 23.2 Å². The van der Waals surface area contributed by atoms with Gasteiger partial charge in [-0.05, 0) is 87.1 Å². The molecule has 3 aromatic rings. The van der Waals surface area contributed by atoms with Crippen LogP contribution in [0.25, 0.3) is 5.70 Å². The van der Waals surface area contributed by atoms with Gasteiger partial charge in [0, 0.05) is 34.2 Å². The maximum absolute atomic E-state index is 14.6. The molecular formula is C32H31Cl2N2NaO4. The Morgan fingerprint density at radius 3 is 2.15 bits per heavy atom. The fourth-order valence-electron chi connectivity index (χ4n) is 5.05. The second-order valence-corrected chi connectivity index (χ2v) is 11.0. The normalized spacial score (nSPS) is 16.1. The number of aliphatic carboxylic acids is 1. The maximum Gasteiger partial charge on any atom is 1.00 e. The van der Waals surface area contributed by atoms with Crippen LogP contribution in [0.4, 0.5) is 0 Å². The summed E-state index contributed by atoms with van der Waals surface area (Å²) >= 11 is 12.3. The summed E-state index contributed by atoms with van der Waals surface area (Å²) in [5.41, 5.74) is 4.63. The van der Waals surface area contributed by atoms with Gasteiger partial charge in [-0.3, -0.25) is 9.59 Å². The molecule has 0 spiro atoms. The van der Waals surface area contributed by atoms with E-state index < -0.39 is 18.1 Å². The number of benzene rings is 3. The van der Waals surface area contributed by atoms with Crippen LogP contribution in [0.1, 0.15) is 66.1 Å². The van der Waals surface area contributed by atoms with Gasteiger partial charge in [-0.25, -0.2) is 0 Å². The van der Waals surface area contributed by atoms with Crippen LogP contribution in [-0.2, 0) is 14.4 Å². The standard InChI is InChI=1S/C32H32Cl2N2O4.Na/c1-20-7-8-21(2)27(18-20)28-19-29(37)36(22(3)23-9-13-25(33)14-10-23)31(24-11-15-26(34)16-12-24)32(40)35(28)17-5-4-6-30(38)39;/h7-16,18-19,22,31H,4-6,17H2,1-3H3,(H,38,39);/q;+1/p-1/t22-,31+;/m1./s1. The molecule has 4 rings (SSSR count). The van der Waals surface area contributed by atoms with E-state index in [0.29, 0.717) is 34.1 Å². The van der Waals surface area contributed by atoms with Crippen LogP contribution < -0.4 is 34.7 Å². The number of hydrogen-bond acceptors (Lipinski definition) is 4. The van der Waals surface area contributed by atoms with Gasteiger partial charge in [0.15, 0.2) is 0 Å². The minimum atomic E-state index is -1.13. The zero-order chi connectivity index (χ0) is 29.0. The van der Waals surface area contributed by atoms with Crippen molar-refractivity contribution in [2.75, 3.05) is 6.54 Å². The van der Waals surface area contributed by atoms with E-state index >= 15 is 0 Å². The van der Waals surface area contributed by atoms with Crippen LogP contribution in [0.15, 0.2) is 72.8 Å². The van der Waals surface area contributed by atoms with Crippen LogP contribution in [0.5, 0.6) is 0 Å². The molecule has 0 fully saturated rings. The van der Waals surface area contributed by atoms with Gasteiger partial charge >= 0.3 is 29.6 Å².